The Hall–Kier alpha value is -2.80. The highest BCUT2D eigenvalue weighted by Gasteiger charge is 2.51. The number of pyridine rings is 1. The van der Waals surface area contributed by atoms with Crippen LogP contribution in [0.5, 0.6) is 5.75 Å². The minimum atomic E-state index is -3.95. The Labute approximate surface area is 208 Å². The molecule has 0 saturated carbocycles. The van der Waals surface area contributed by atoms with Gasteiger partial charge in [-0.25, -0.2) is 8.42 Å². The van der Waals surface area contributed by atoms with Crippen molar-refractivity contribution in [3.8, 4) is 16.9 Å². The summed E-state index contributed by atoms with van der Waals surface area (Å²) in [7, 11) is -1.27. The summed E-state index contributed by atoms with van der Waals surface area (Å²) in [5.74, 6) is -0.269. The maximum absolute atomic E-state index is 13.2. The lowest BCUT2D eigenvalue weighted by Crippen LogP contribution is -2.53. The highest BCUT2D eigenvalue weighted by atomic mass is 32.2. The Morgan fingerprint density at radius 1 is 1.03 bits per heavy atom. The minimum absolute atomic E-state index is 0.0575. The number of hydrogen-bond donors (Lipinski definition) is 1. The van der Waals surface area contributed by atoms with Crippen molar-refractivity contribution in [1.82, 2.24) is 4.98 Å². The second kappa shape index (κ2) is 10.9. The van der Waals surface area contributed by atoms with Crippen molar-refractivity contribution >= 4 is 30.3 Å². The largest absolute Gasteiger partial charge is 0.494 e. The molecule has 3 aromatic rings. The highest BCUT2D eigenvalue weighted by molar-refractivity contribution is 7.93. The quantitative estimate of drug-likeness (QED) is 0.349. The Bertz CT molecular complexity index is 1270. The van der Waals surface area contributed by atoms with Crippen LogP contribution in [0.3, 0.4) is 0 Å². The number of amides is 1. The highest BCUT2D eigenvalue weighted by Crippen LogP contribution is 2.35. The number of sulfone groups is 1. The number of benzene rings is 2. The predicted molar refractivity (Wildman–Crippen MR) is 138 cm³/mol. The van der Waals surface area contributed by atoms with E-state index in [1.165, 1.54) is 12.1 Å². The molecule has 4 rings (SSSR count). The fraction of sp³-hybridized carbons (Fsp3) is 0.308. The normalized spacial score (nSPS) is 15.5. The third-order valence-electron chi connectivity index (χ3n) is 6.32. The van der Waals surface area contributed by atoms with Crippen LogP contribution in [0.1, 0.15) is 24.8 Å². The van der Waals surface area contributed by atoms with Gasteiger partial charge in [-0.2, -0.15) is 0 Å². The Balaban J connectivity index is 1.34. The lowest BCUT2D eigenvalue weighted by molar-refractivity contribution is -0.122. The standard InChI is InChI=1S/C26H29N2O5PS/c27-25(29)26(11-14-32-15-12-26)35(30,31)24-9-5-22(6-10-24)33-13-1-2-19-16-21(18-28-17-19)20-3-7-23(34)8-4-20/h3-10,16-18H,1-2,11-15,34H2,(H2,27,29). The van der Waals surface area contributed by atoms with Crippen LogP contribution in [0.4, 0.5) is 0 Å². The third-order valence-corrected chi connectivity index (χ3v) is 9.23. The van der Waals surface area contributed by atoms with Crippen molar-refractivity contribution in [2.24, 2.45) is 5.73 Å². The van der Waals surface area contributed by atoms with Gasteiger partial charge in [-0.1, -0.05) is 24.3 Å². The first kappa shape index (κ1) is 25.3. The van der Waals surface area contributed by atoms with Crippen LogP contribution in [0.25, 0.3) is 11.1 Å². The van der Waals surface area contributed by atoms with E-state index in [1.807, 2.05) is 24.5 Å². The van der Waals surface area contributed by atoms with Crippen LogP contribution in [0, 0.1) is 0 Å². The van der Waals surface area contributed by atoms with Gasteiger partial charge in [0.1, 0.15) is 5.75 Å². The molecule has 1 amide bonds. The minimum Gasteiger partial charge on any atom is -0.494 e. The molecule has 0 bridgehead atoms. The number of carbonyl (C=O) groups is 1. The van der Waals surface area contributed by atoms with Crippen molar-refractivity contribution in [2.75, 3.05) is 19.8 Å². The molecule has 1 aliphatic heterocycles. The molecule has 1 atom stereocenters. The van der Waals surface area contributed by atoms with E-state index in [-0.39, 0.29) is 31.0 Å². The number of rotatable bonds is 9. The van der Waals surface area contributed by atoms with E-state index < -0.39 is 20.5 Å². The first-order valence-corrected chi connectivity index (χ1v) is 13.5. The molecule has 1 fully saturated rings. The molecule has 0 aliphatic carbocycles. The van der Waals surface area contributed by atoms with Gasteiger partial charge in [0.25, 0.3) is 0 Å². The van der Waals surface area contributed by atoms with E-state index >= 15 is 0 Å². The molecule has 2 aromatic carbocycles. The monoisotopic (exact) mass is 512 g/mol. The van der Waals surface area contributed by atoms with E-state index in [2.05, 4.69) is 32.4 Å². The molecule has 9 heteroatoms. The molecule has 2 heterocycles. The second-order valence-corrected chi connectivity index (χ2v) is 11.5. The molecule has 7 nitrogen and oxygen atoms in total. The van der Waals surface area contributed by atoms with Crippen molar-refractivity contribution in [3.63, 3.8) is 0 Å². The molecule has 1 unspecified atom stereocenters. The topological polar surface area (TPSA) is 109 Å². The third kappa shape index (κ3) is 5.56. The number of nitrogens with zero attached hydrogens (tertiary/aromatic N) is 1. The van der Waals surface area contributed by atoms with Crippen molar-refractivity contribution in [2.45, 2.75) is 35.3 Å². The zero-order valence-corrected chi connectivity index (χ0v) is 21.3. The van der Waals surface area contributed by atoms with Gasteiger partial charge >= 0.3 is 0 Å². The molecule has 0 radical (unpaired) electrons. The van der Waals surface area contributed by atoms with E-state index in [1.54, 1.807) is 12.1 Å². The summed E-state index contributed by atoms with van der Waals surface area (Å²) in [6.07, 6.45) is 5.41. The molecular formula is C26H29N2O5PS. The molecule has 1 saturated heterocycles. The number of carbonyl (C=O) groups excluding carboxylic acids is 1. The summed E-state index contributed by atoms with van der Waals surface area (Å²) in [4.78, 5) is 16.6. The van der Waals surface area contributed by atoms with Crippen LogP contribution in [-0.2, 0) is 25.8 Å². The van der Waals surface area contributed by atoms with Gasteiger partial charge in [-0.15, -0.1) is 9.24 Å². The van der Waals surface area contributed by atoms with E-state index in [0.717, 1.165) is 34.8 Å². The van der Waals surface area contributed by atoms with Crippen molar-refractivity contribution < 1.29 is 22.7 Å². The molecular weight excluding hydrogens is 483 g/mol. The molecule has 0 spiro atoms. The molecule has 1 aromatic heterocycles. The van der Waals surface area contributed by atoms with Crippen LogP contribution >= 0.6 is 9.24 Å². The maximum Gasteiger partial charge on any atom is 0.239 e. The zero-order valence-electron chi connectivity index (χ0n) is 19.4. The van der Waals surface area contributed by atoms with Crippen molar-refractivity contribution in [3.05, 3.63) is 72.6 Å². The average Bonchev–Trinajstić information content (AvgIpc) is 2.88. The van der Waals surface area contributed by atoms with Crippen LogP contribution in [-0.4, -0.2) is 43.9 Å². The average molecular weight is 513 g/mol. The number of aryl methyl sites for hydroxylation is 1. The Kier molecular flexibility index (Phi) is 7.85. The van der Waals surface area contributed by atoms with E-state index in [4.69, 9.17) is 15.2 Å². The SMILES string of the molecule is NC(=O)C1(S(=O)(=O)c2ccc(OCCCc3cncc(-c4ccc(P)cc4)c3)cc2)CCOCC1. The van der Waals surface area contributed by atoms with Crippen molar-refractivity contribution in [1.29, 1.82) is 0 Å². The van der Waals surface area contributed by atoms with Gasteiger partial charge in [-0.05, 0) is 72.4 Å². The molecule has 184 valence electrons. The molecule has 35 heavy (non-hydrogen) atoms. The summed E-state index contributed by atoms with van der Waals surface area (Å²) in [6, 6.07) is 16.5. The smallest absolute Gasteiger partial charge is 0.239 e. The maximum atomic E-state index is 13.2. The lowest BCUT2D eigenvalue weighted by Gasteiger charge is -2.33. The number of aromatic nitrogens is 1. The van der Waals surface area contributed by atoms with Crippen LogP contribution in [0.15, 0.2) is 71.9 Å². The summed E-state index contributed by atoms with van der Waals surface area (Å²) >= 11 is 0. The molecule has 1 aliphatic rings. The fourth-order valence-electron chi connectivity index (χ4n) is 4.21. The van der Waals surface area contributed by atoms with Crippen LogP contribution in [0.2, 0.25) is 0 Å². The summed E-state index contributed by atoms with van der Waals surface area (Å²) < 4.78 is 35.9. The number of primary amides is 1. The lowest BCUT2D eigenvalue weighted by atomic mass is 9.98. The fourth-order valence-corrected chi connectivity index (χ4v) is 6.32. The molecule has 2 N–H and O–H groups in total. The summed E-state index contributed by atoms with van der Waals surface area (Å²) in [5.41, 5.74) is 8.84. The van der Waals surface area contributed by atoms with Gasteiger partial charge in [0.2, 0.25) is 5.91 Å². The second-order valence-electron chi connectivity index (χ2n) is 8.60. The van der Waals surface area contributed by atoms with E-state index in [0.29, 0.717) is 12.4 Å². The van der Waals surface area contributed by atoms with E-state index in [9.17, 15) is 13.2 Å². The zero-order chi connectivity index (χ0) is 24.9. The Morgan fingerprint density at radius 2 is 1.71 bits per heavy atom. The Morgan fingerprint density at radius 3 is 2.37 bits per heavy atom. The summed E-state index contributed by atoms with van der Waals surface area (Å²) in [5, 5.41) is 1.14. The van der Waals surface area contributed by atoms with Gasteiger partial charge in [-0.3, -0.25) is 9.78 Å². The van der Waals surface area contributed by atoms with Gasteiger partial charge in [0.15, 0.2) is 14.6 Å². The number of hydrogen-bond acceptors (Lipinski definition) is 6. The summed E-state index contributed by atoms with van der Waals surface area (Å²) in [6.45, 7) is 0.846. The first-order valence-electron chi connectivity index (χ1n) is 11.5. The number of ether oxygens (including phenoxy) is 2. The predicted octanol–water partition coefficient (Wildman–Crippen LogP) is 3.07. The van der Waals surface area contributed by atoms with Gasteiger partial charge < -0.3 is 15.2 Å². The van der Waals surface area contributed by atoms with Crippen LogP contribution < -0.4 is 15.8 Å². The number of nitrogens with two attached hydrogens (primary N) is 1. The van der Waals surface area contributed by atoms with Gasteiger partial charge in [0, 0.05) is 31.2 Å². The van der Waals surface area contributed by atoms with Gasteiger partial charge in [0.05, 0.1) is 11.5 Å². The first-order chi connectivity index (χ1) is 16.8.